The second-order valence-corrected chi connectivity index (χ2v) is 7.10. The third kappa shape index (κ3) is 4.81. The van der Waals surface area contributed by atoms with Crippen LogP contribution < -0.4 is 4.74 Å². The largest absolute Gasteiger partial charge is 0.424 e. The topological polar surface area (TPSA) is 63.7 Å². The maximum atomic E-state index is 12.6. The minimum absolute atomic E-state index is 0.0612. The quantitative estimate of drug-likeness (QED) is 0.366. The van der Waals surface area contributed by atoms with Crippen molar-refractivity contribution in [3.05, 3.63) is 35.9 Å². The Balaban J connectivity index is 2.17. The second kappa shape index (κ2) is 7.68. The number of carbonyl (C=O) groups excluding carboxylic acids is 3. The third-order valence-electron chi connectivity index (χ3n) is 3.98. The molecule has 25 heavy (non-hydrogen) atoms. The first-order chi connectivity index (χ1) is 11.7. The van der Waals surface area contributed by atoms with E-state index >= 15 is 0 Å². The average Bonchev–Trinajstić information content (AvgIpc) is 3.01. The average molecular weight is 339 g/mol. The summed E-state index contributed by atoms with van der Waals surface area (Å²) in [5, 5.41) is 0. The van der Waals surface area contributed by atoms with Crippen LogP contribution >= 0.6 is 0 Å². The van der Waals surface area contributed by atoms with Gasteiger partial charge in [0, 0.05) is 17.5 Å². The van der Waals surface area contributed by atoms with Gasteiger partial charge in [-0.3, -0.25) is 4.79 Å². The molecule has 0 spiro atoms. The SMILES string of the molecule is [B]C(=O)/C=C/c1ccccc1OC(=O)C1CCCN1C(=O)C(C)(C)C. The number of allylic oxidation sites excluding steroid dienone is 1. The molecule has 0 N–H and O–H groups in total. The number of likely N-dealkylation sites (tertiary alicyclic amines) is 1. The fourth-order valence-corrected chi connectivity index (χ4v) is 2.75. The molecular formula is C19H22BNO4. The molecule has 1 fully saturated rings. The fourth-order valence-electron chi connectivity index (χ4n) is 2.75. The summed E-state index contributed by atoms with van der Waals surface area (Å²) in [6.45, 7) is 6.05. The molecular weight excluding hydrogens is 317 g/mol. The van der Waals surface area contributed by atoms with E-state index in [0.717, 1.165) is 6.42 Å². The van der Waals surface area contributed by atoms with E-state index in [9.17, 15) is 14.4 Å². The second-order valence-electron chi connectivity index (χ2n) is 7.10. The van der Waals surface area contributed by atoms with Crippen molar-refractivity contribution in [2.45, 2.75) is 39.7 Å². The number of rotatable bonds is 4. The van der Waals surface area contributed by atoms with Gasteiger partial charge in [0.15, 0.2) is 7.85 Å². The van der Waals surface area contributed by atoms with Crippen LogP contribution in [-0.2, 0) is 14.4 Å². The molecule has 130 valence electrons. The number of carbonyl (C=O) groups is 3. The zero-order valence-corrected chi connectivity index (χ0v) is 14.8. The number of ether oxygens (including phenoxy) is 1. The summed E-state index contributed by atoms with van der Waals surface area (Å²) < 4.78 is 5.52. The predicted octanol–water partition coefficient (Wildman–Crippen LogP) is 2.34. The number of nitrogens with zero attached hydrogens (tertiary/aromatic N) is 1. The van der Waals surface area contributed by atoms with Crippen molar-refractivity contribution in [3.8, 4) is 5.75 Å². The van der Waals surface area contributed by atoms with Crippen molar-refractivity contribution in [2.24, 2.45) is 5.41 Å². The van der Waals surface area contributed by atoms with Gasteiger partial charge in [-0.2, -0.15) is 0 Å². The molecule has 6 heteroatoms. The van der Waals surface area contributed by atoms with Crippen LogP contribution in [0.5, 0.6) is 5.75 Å². The highest BCUT2D eigenvalue weighted by atomic mass is 16.5. The Hall–Kier alpha value is -2.37. The summed E-state index contributed by atoms with van der Waals surface area (Å²) in [6, 6.07) is 6.28. The molecule has 5 nitrogen and oxygen atoms in total. The Morgan fingerprint density at radius 3 is 2.56 bits per heavy atom. The van der Waals surface area contributed by atoms with Crippen LogP contribution in [0.1, 0.15) is 39.2 Å². The number of benzene rings is 1. The lowest BCUT2D eigenvalue weighted by atomic mass is 9.94. The first-order valence-electron chi connectivity index (χ1n) is 8.29. The predicted molar refractivity (Wildman–Crippen MR) is 96.1 cm³/mol. The van der Waals surface area contributed by atoms with E-state index < -0.39 is 23.1 Å². The van der Waals surface area contributed by atoms with Gasteiger partial charge in [-0.25, -0.2) is 4.79 Å². The lowest BCUT2D eigenvalue weighted by Crippen LogP contribution is -2.47. The zero-order valence-electron chi connectivity index (χ0n) is 14.8. The van der Waals surface area contributed by atoms with Crippen LogP contribution in [0.2, 0.25) is 0 Å². The Morgan fingerprint density at radius 2 is 1.92 bits per heavy atom. The minimum atomic E-state index is -0.584. The minimum Gasteiger partial charge on any atom is -0.424 e. The van der Waals surface area contributed by atoms with Gasteiger partial charge in [0.1, 0.15) is 11.8 Å². The summed E-state index contributed by atoms with van der Waals surface area (Å²) in [7, 11) is 5.11. The summed E-state index contributed by atoms with van der Waals surface area (Å²) >= 11 is 0. The highest BCUT2D eigenvalue weighted by Gasteiger charge is 2.39. The van der Waals surface area contributed by atoms with Gasteiger partial charge in [0.2, 0.25) is 5.91 Å². The van der Waals surface area contributed by atoms with E-state index in [1.165, 1.54) is 12.2 Å². The molecule has 1 atom stereocenters. The molecule has 0 aliphatic carbocycles. The smallest absolute Gasteiger partial charge is 0.334 e. The molecule has 0 saturated carbocycles. The van der Waals surface area contributed by atoms with E-state index in [1.807, 2.05) is 20.8 Å². The van der Waals surface area contributed by atoms with Crippen molar-refractivity contribution >= 4 is 31.5 Å². The molecule has 0 bridgehead atoms. The highest BCUT2D eigenvalue weighted by Crippen LogP contribution is 2.27. The molecule has 1 aromatic carbocycles. The molecule has 1 aliphatic rings. The monoisotopic (exact) mass is 339 g/mol. The summed E-state index contributed by atoms with van der Waals surface area (Å²) in [5.41, 5.74) is -0.564. The molecule has 1 heterocycles. The first kappa shape index (κ1) is 19.0. The number of hydrogen-bond donors (Lipinski definition) is 0. The fraction of sp³-hybridized carbons (Fsp3) is 0.421. The van der Waals surface area contributed by atoms with Crippen molar-refractivity contribution in [1.82, 2.24) is 4.90 Å². The summed E-state index contributed by atoms with van der Waals surface area (Å²) in [6.07, 6.45) is 4.06. The number of para-hydroxylation sites is 1. The van der Waals surface area contributed by atoms with E-state index in [4.69, 9.17) is 12.6 Å². The Labute approximate surface area is 149 Å². The lowest BCUT2D eigenvalue weighted by molar-refractivity contribution is -0.150. The maximum Gasteiger partial charge on any atom is 0.334 e. The molecule has 0 aromatic heterocycles. The maximum absolute atomic E-state index is 12.6. The third-order valence-corrected chi connectivity index (χ3v) is 3.98. The van der Waals surface area contributed by atoms with Gasteiger partial charge in [0.25, 0.3) is 0 Å². The van der Waals surface area contributed by atoms with Crippen LogP contribution in [0, 0.1) is 5.41 Å². The summed E-state index contributed by atoms with van der Waals surface area (Å²) in [4.78, 5) is 37.7. The normalized spacial score (nSPS) is 17.7. The molecule has 1 aliphatic heterocycles. The van der Waals surface area contributed by atoms with Gasteiger partial charge in [-0.15, -0.1) is 0 Å². The Bertz CT molecular complexity index is 706. The van der Waals surface area contributed by atoms with Gasteiger partial charge in [-0.05, 0) is 31.1 Å². The molecule has 1 aromatic rings. The van der Waals surface area contributed by atoms with Gasteiger partial charge in [0.05, 0.1) is 5.68 Å². The van der Waals surface area contributed by atoms with Crippen molar-refractivity contribution < 1.29 is 19.1 Å². The van der Waals surface area contributed by atoms with Gasteiger partial charge < -0.3 is 14.4 Å². The molecule has 1 unspecified atom stereocenters. The highest BCUT2D eigenvalue weighted by molar-refractivity contribution is 6.61. The van der Waals surface area contributed by atoms with Crippen molar-refractivity contribution in [1.29, 1.82) is 0 Å². The van der Waals surface area contributed by atoms with Crippen molar-refractivity contribution in [2.75, 3.05) is 6.54 Å². The number of hydrogen-bond acceptors (Lipinski definition) is 4. The Morgan fingerprint density at radius 1 is 1.24 bits per heavy atom. The molecule has 2 rings (SSSR count). The van der Waals surface area contributed by atoms with E-state index in [2.05, 4.69) is 0 Å². The summed E-state index contributed by atoms with van der Waals surface area (Å²) in [5.74, 6) is -0.191. The Kier molecular flexibility index (Phi) is 5.83. The van der Waals surface area contributed by atoms with Crippen molar-refractivity contribution in [3.63, 3.8) is 0 Å². The zero-order chi connectivity index (χ0) is 18.6. The van der Waals surface area contributed by atoms with E-state index in [-0.39, 0.29) is 5.91 Å². The van der Waals surface area contributed by atoms with Crippen LogP contribution in [0.15, 0.2) is 30.3 Å². The van der Waals surface area contributed by atoms with E-state index in [0.29, 0.717) is 24.3 Å². The molecule has 1 amide bonds. The molecule has 2 radical (unpaired) electrons. The first-order valence-corrected chi connectivity index (χ1v) is 8.29. The van der Waals surface area contributed by atoms with Crippen LogP contribution in [0.3, 0.4) is 0 Å². The van der Waals surface area contributed by atoms with Crippen LogP contribution in [0.25, 0.3) is 6.08 Å². The van der Waals surface area contributed by atoms with Crippen LogP contribution in [-0.4, -0.2) is 42.9 Å². The van der Waals surface area contributed by atoms with Crippen LogP contribution in [0.4, 0.5) is 0 Å². The van der Waals surface area contributed by atoms with Gasteiger partial charge in [-0.1, -0.05) is 39.0 Å². The van der Waals surface area contributed by atoms with Gasteiger partial charge >= 0.3 is 5.97 Å². The van der Waals surface area contributed by atoms with E-state index in [1.54, 1.807) is 29.2 Å². The lowest BCUT2D eigenvalue weighted by Gasteiger charge is -2.29. The standard InChI is InChI=1S/C19H22BNO4/c1-19(2,3)18(24)21-12-6-8-14(21)17(23)25-15-9-5-4-7-13(15)10-11-16(20)22/h4-5,7,9-11,14H,6,8,12H2,1-3H3/b11-10+. The number of esters is 1. The number of amides is 1. The molecule has 1 saturated heterocycles.